The van der Waals surface area contributed by atoms with Crippen LogP contribution in [0.2, 0.25) is 0 Å². The van der Waals surface area contributed by atoms with E-state index in [2.05, 4.69) is 27.4 Å². The summed E-state index contributed by atoms with van der Waals surface area (Å²) in [6.07, 6.45) is -0.361. The molecule has 0 aliphatic carbocycles. The molecule has 0 aromatic rings. The number of aliphatic imine (C=N–C) groups is 1. The fourth-order valence-corrected chi connectivity index (χ4v) is 2.59. The average molecular weight is 464 g/mol. The van der Waals surface area contributed by atoms with Crippen molar-refractivity contribution in [2.24, 2.45) is 10.9 Å². The number of nitrogens with zero attached hydrogens (tertiary/aromatic N) is 2. The van der Waals surface area contributed by atoms with Crippen LogP contribution in [0.15, 0.2) is 4.99 Å². The first-order valence-corrected chi connectivity index (χ1v) is 8.72. The highest BCUT2D eigenvalue weighted by molar-refractivity contribution is 14.0. The number of halogens is 4. The Morgan fingerprint density at radius 2 is 1.83 bits per heavy atom. The summed E-state index contributed by atoms with van der Waals surface area (Å²) in [7, 11) is 0. The van der Waals surface area contributed by atoms with E-state index < -0.39 is 12.6 Å². The summed E-state index contributed by atoms with van der Waals surface area (Å²) in [4.78, 5) is 6.83. The Labute approximate surface area is 161 Å². The van der Waals surface area contributed by atoms with E-state index in [1.54, 1.807) is 0 Å². The van der Waals surface area contributed by atoms with Crippen LogP contribution in [0, 0.1) is 5.92 Å². The molecule has 0 amide bonds. The Bertz CT molecular complexity index is 343. The van der Waals surface area contributed by atoms with Crippen molar-refractivity contribution >= 4 is 29.9 Å². The predicted octanol–water partition coefficient (Wildman–Crippen LogP) is 3.62. The summed E-state index contributed by atoms with van der Waals surface area (Å²) >= 11 is 0. The van der Waals surface area contributed by atoms with Gasteiger partial charge >= 0.3 is 6.18 Å². The van der Waals surface area contributed by atoms with Gasteiger partial charge in [-0.15, -0.1) is 24.0 Å². The second-order valence-electron chi connectivity index (χ2n) is 6.28. The monoisotopic (exact) mass is 464 g/mol. The largest absolute Gasteiger partial charge is 0.390 e. The van der Waals surface area contributed by atoms with Crippen LogP contribution in [0.3, 0.4) is 0 Å². The van der Waals surface area contributed by atoms with Crippen molar-refractivity contribution in [2.75, 3.05) is 39.3 Å². The van der Waals surface area contributed by atoms with Crippen LogP contribution in [-0.2, 0) is 0 Å². The number of guanidine groups is 1. The molecule has 0 spiro atoms. The summed E-state index contributed by atoms with van der Waals surface area (Å²) < 4.78 is 36.4. The number of hydrogen-bond acceptors (Lipinski definition) is 2. The van der Waals surface area contributed by atoms with Gasteiger partial charge in [0.25, 0.3) is 0 Å². The average Bonchev–Trinajstić information content (AvgIpc) is 2.47. The molecule has 1 fully saturated rings. The quantitative estimate of drug-likeness (QED) is 0.250. The molecule has 0 bridgehead atoms. The van der Waals surface area contributed by atoms with Crippen LogP contribution in [0.1, 0.15) is 46.0 Å². The highest BCUT2D eigenvalue weighted by Gasteiger charge is 2.26. The number of unbranched alkanes of at least 4 members (excludes halogenated alkanes) is 1. The van der Waals surface area contributed by atoms with Gasteiger partial charge in [-0.05, 0) is 58.2 Å². The van der Waals surface area contributed by atoms with Crippen LogP contribution in [0.25, 0.3) is 0 Å². The minimum absolute atomic E-state index is 0. The van der Waals surface area contributed by atoms with Crippen LogP contribution < -0.4 is 10.6 Å². The summed E-state index contributed by atoms with van der Waals surface area (Å²) in [5, 5.41) is 5.71. The molecule has 0 unspecified atom stereocenters. The van der Waals surface area contributed by atoms with E-state index in [4.69, 9.17) is 0 Å². The molecule has 144 valence electrons. The van der Waals surface area contributed by atoms with Crippen molar-refractivity contribution in [3.8, 4) is 0 Å². The topological polar surface area (TPSA) is 39.7 Å². The fraction of sp³-hybridized carbons (Fsp3) is 0.938. The number of rotatable bonds is 8. The van der Waals surface area contributed by atoms with E-state index in [0.717, 1.165) is 25.3 Å². The molecule has 1 aliphatic heterocycles. The normalized spacial score (nSPS) is 17.5. The minimum Gasteiger partial charge on any atom is -0.357 e. The van der Waals surface area contributed by atoms with Crippen LogP contribution in [-0.4, -0.2) is 56.3 Å². The minimum atomic E-state index is -4.13. The molecule has 1 saturated heterocycles. The zero-order valence-electron chi connectivity index (χ0n) is 14.8. The number of piperidine rings is 1. The molecule has 24 heavy (non-hydrogen) atoms. The number of nitrogens with one attached hydrogen (secondary N) is 2. The molecule has 4 nitrogen and oxygen atoms in total. The first kappa shape index (κ1) is 23.8. The van der Waals surface area contributed by atoms with Crippen molar-refractivity contribution in [1.82, 2.24) is 15.5 Å². The lowest BCUT2D eigenvalue weighted by molar-refractivity contribution is -0.132. The molecule has 0 aromatic carbocycles. The molecule has 1 aliphatic rings. The molecule has 0 aromatic heterocycles. The maximum Gasteiger partial charge on any atom is 0.390 e. The predicted molar refractivity (Wildman–Crippen MR) is 104 cm³/mol. The zero-order chi connectivity index (χ0) is 17.1. The van der Waals surface area contributed by atoms with Gasteiger partial charge in [0.15, 0.2) is 5.96 Å². The maximum atomic E-state index is 12.1. The summed E-state index contributed by atoms with van der Waals surface area (Å²) in [5.41, 5.74) is 0. The third kappa shape index (κ3) is 12.2. The molecule has 1 heterocycles. The second-order valence-corrected chi connectivity index (χ2v) is 6.28. The number of hydrogen-bond donors (Lipinski definition) is 2. The SMILES string of the molecule is CCNC(=NCCCCN1CCC(C)CC1)NCCC(F)(F)F.I. The van der Waals surface area contributed by atoms with Crippen molar-refractivity contribution in [3.05, 3.63) is 0 Å². The van der Waals surface area contributed by atoms with Gasteiger partial charge in [-0.2, -0.15) is 13.2 Å². The lowest BCUT2D eigenvalue weighted by Crippen LogP contribution is -2.39. The lowest BCUT2D eigenvalue weighted by Gasteiger charge is -2.30. The van der Waals surface area contributed by atoms with Crippen molar-refractivity contribution < 1.29 is 13.2 Å². The molecular formula is C16H32F3IN4. The smallest absolute Gasteiger partial charge is 0.357 e. The highest BCUT2D eigenvalue weighted by Crippen LogP contribution is 2.18. The van der Waals surface area contributed by atoms with E-state index in [1.165, 1.54) is 25.9 Å². The molecule has 8 heteroatoms. The van der Waals surface area contributed by atoms with E-state index in [1.807, 2.05) is 6.92 Å². The summed E-state index contributed by atoms with van der Waals surface area (Å²) in [6, 6.07) is 0. The molecule has 0 atom stereocenters. The van der Waals surface area contributed by atoms with Gasteiger partial charge in [-0.3, -0.25) is 4.99 Å². The maximum absolute atomic E-state index is 12.1. The highest BCUT2D eigenvalue weighted by atomic mass is 127. The van der Waals surface area contributed by atoms with Crippen molar-refractivity contribution in [1.29, 1.82) is 0 Å². The first-order valence-electron chi connectivity index (χ1n) is 8.72. The van der Waals surface area contributed by atoms with Crippen LogP contribution in [0.5, 0.6) is 0 Å². The molecular weight excluding hydrogens is 432 g/mol. The Morgan fingerprint density at radius 1 is 1.17 bits per heavy atom. The van der Waals surface area contributed by atoms with Gasteiger partial charge in [0, 0.05) is 19.6 Å². The van der Waals surface area contributed by atoms with Crippen LogP contribution >= 0.6 is 24.0 Å². The fourth-order valence-electron chi connectivity index (χ4n) is 2.59. The van der Waals surface area contributed by atoms with E-state index in [9.17, 15) is 13.2 Å². The van der Waals surface area contributed by atoms with Crippen molar-refractivity contribution in [2.45, 2.75) is 52.1 Å². The molecule has 2 N–H and O–H groups in total. The van der Waals surface area contributed by atoms with Gasteiger partial charge in [-0.1, -0.05) is 6.92 Å². The van der Waals surface area contributed by atoms with E-state index in [-0.39, 0.29) is 30.5 Å². The molecule has 0 radical (unpaired) electrons. The second kappa shape index (κ2) is 13.0. The summed E-state index contributed by atoms with van der Waals surface area (Å²) in [6.45, 7) is 8.83. The number of likely N-dealkylation sites (tertiary alicyclic amines) is 1. The third-order valence-electron chi connectivity index (χ3n) is 4.07. The molecule has 1 rings (SSSR count). The Kier molecular flexibility index (Phi) is 12.9. The van der Waals surface area contributed by atoms with Crippen molar-refractivity contribution in [3.63, 3.8) is 0 Å². The van der Waals surface area contributed by atoms with E-state index in [0.29, 0.717) is 19.0 Å². The molecule has 0 saturated carbocycles. The Morgan fingerprint density at radius 3 is 2.42 bits per heavy atom. The van der Waals surface area contributed by atoms with Crippen LogP contribution in [0.4, 0.5) is 13.2 Å². The van der Waals surface area contributed by atoms with E-state index >= 15 is 0 Å². The van der Waals surface area contributed by atoms with Gasteiger partial charge in [0.2, 0.25) is 0 Å². The zero-order valence-corrected chi connectivity index (χ0v) is 17.1. The summed E-state index contributed by atoms with van der Waals surface area (Å²) in [5.74, 6) is 1.32. The van der Waals surface area contributed by atoms with Gasteiger partial charge < -0.3 is 15.5 Å². The lowest BCUT2D eigenvalue weighted by atomic mass is 9.99. The third-order valence-corrected chi connectivity index (χ3v) is 4.07. The first-order chi connectivity index (χ1) is 10.9. The van der Waals surface area contributed by atoms with Gasteiger partial charge in [0.1, 0.15) is 0 Å². The van der Waals surface area contributed by atoms with Gasteiger partial charge in [0.05, 0.1) is 6.42 Å². The standard InChI is InChI=1S/C16H31F3N4.HI/c1-3-20-15(22-10-8-16(17,18)19)21-9-4-5-11-23-12-6-14(2)7-13-23;/h14H,3-13H2,1-2H3,(H2,20,21,22);1H. The number of alkyl halides is 3. The Balaban J connectivity index is 0.00000529. The van der Waals surface area contributed by atoms with Gasteiger partial charge in [-0.25, -0.2) is 0 Å². The Hall–Kier alpha value is -0.250.